The molecular formula is C10H21N3O2S. The number of hydrogen-bond donors (Lipinski definition) is 3. The van der Waals surface area contributed by atoms with E-state index in [9.17, 15) is 8.42 Å². The number of sulfonamides is 1. The summed E-state index contributed by atoms with van der Waals surface area (Å²) < 4.78 is 26.6. The molecule has 0 radical (unpaired) electrons. The minimum absolute atomic E-state index is 0.139. The van der Waals surface area contributed by atoms with Gasteiger partial charge in [-0.15, -0.1) is 0 Å². The summed E-state index contributed by atoms with van der Waals surface area (Å²) in [4.78, 5) is 0. The molecule has 2 rings (SSSR count). The number of hydrogen-bond acceptors (Lipinski definition) is 4. The Morgan fingerprint density at radius 1 is 1.06 bits per heavy atom. The van der Waals surface area contributed by atoms with Gasteiger partial charge < -0.3 is 10.6 Å². The molecule has 6 heteroatoms. The summed E-state index contributed by atoms with van der Waals surface area (Å²) in [6, 6.07) is 0.139. The highest BCUT2D eigenvalue weighted by Crippen LogP contribution is 2.11. The monoisotopic (exact) mass is 247 g/mol. The van der Waals surface area contributed by atoms with E-state index in [1.807, 2.05) is 0 Å². The minimum Gasteiger partial charge on any atom is -0.317 e. The highest BCUT2D eigenvalue weighted by atomic mass is 32.2. The Hall–Kier alpha value is -0.170. The summed E-state index contributed by atoms with van der Waals surface area (Å²) in [5.41, 5.74) is 0. The van der Waals surface area contributed by atoms with E-state index in [4.69, 9.17) is 0 Å². The first-order valence-corrected chi connectivity index (χ1v) is 7.72. The fourth-order valence-corrected chi connectivity index (χ4v) is 4.15. The normalized spacial score (nSPS) is 28.4. The van der Waals surface area contributed by atoms with Crippen LogP contribution in [0.25, 0.3) is 0 Å². The lowest BCUT2D eigenvalue weighted by atomic mass is 10.1. The zero-order valence-corrected chi connectivity index (χ0v) is 10.4. The van der Waals surface area contributed by atoms with Crippen LogP contribution in [0, 0.1) is 5.92 Å². The van der Waals surface area contributed by atoms with E-state index in [-0.39, 0.29) is 11.8 Å². The van der Waals surface area contributed by atoms with Crippen molar-refractivity contribution in [2.75, 3.05) is 31.9 Å². The van der Waals surface area contributed by atoms with Crippen LogP contribution in [0.5, 0.6) is 0 Å². The number of nitrogens with one attached hydrogen (secondary N) is 3. The molecule has 2 aliphatic rings. The lowest BCUT2D eigenvalue weighted by molar-refractivity contribution is 0.425. The van der Waals surface area contributed by atoms with Gasteiger partial charge in [0.15, 0.2) is 0 Å². The van der Waals surface area contributed by atoms with Gasteiger partial charge in [-0.25, -0.2) is 13.1 Å². The van der Waals surface area contributed by atoms with Crippen LogP contribution >= 0.6 is 0 Å². The Morgan fingerprint density at radius 3 is 2.38 bits per heavy atom. The Labute approximate surface area is 97.4 Å². The predicted octanol–water partition coefficient (Wildman–Crippen LogP) is -0.733. The molecule has 1 unspecified atom stereocenters. The average Bonchev–Trinajstić information content (AvgIpc) is 2.70. The molecule has 0 saturated carbocycles. The summed E-state index contributed by atoms with van der Waals surface area (Å²) in [6.45, 7) is 3.62. The Morgan fingerprint density at radius 2 is 1.75 bits per heavy atom. The van der Waals surface area contributed by atoms with Crippen LogP contribution in [0.2, 0.25) is 0 Å². The first-order valence-electron chi connectivity index (χ1n) is 6.07. The molecule has 0 bridgehead atoms. The second kappa shape index (κ2) is 5.44. The number of piperidine rings is 1. The van der Waals surface area contributed by atoms with Crippen molar-refractivity contribution in [2.24, 2.45) is 5.92 Å². The maximum absolute atomic E-state index is 11.9. The summed E-state index contributed by atoms with van der Waals surface area (Å²) in [7, 11) is -3.08. The molecule has 2 saturated heterocycles. The van der Waals surface area contributed by atoms with Crippen LogP contribution in [0.1, 0.15) is 19.3 Å². The Kier molecular flexibility index (Phi) is 4.18. The SMILES string of the molecule is O=S(=O)(CC1CCNC1)NC1CCNCC1. The topological polar surface area (TPSA) is 70.2 Å². The largest absolute Gasteiger partial charge is 0.317 e. The molecule has 0 aromatic carbocycles. The van der Waals surface area contributed by atoms with Crippen molar-refractivity contribution in [1.29, 1.82) is 0 Å². The van der Waals surface area contributed by atoms with Gasteiger partial charge in [0.05, 0.1) is 5.75 Å². The van der Waals surface area contributed by atoms with Gasteiger partial charge in [-0.05, 0) is 51.4 Å². The molecule has 0 aromatic heterocycles. The first-order chi connectivity index (χ1) is 7.66. The average molecular weight is 247 g/mol. The van der Waals surface area contributed by atoms with Crippen molar-refractivity contribution in [3.8, 4) is 0 Å². The lowest BCUT2D eigenvalue weighted by Gasteiger charge is -2.24. The molecule has 94 valence electrons. The van der Waals surface area contributed by atoms with Crippen LogP contribution in [-0.2, 0) is 10.0 Å². The van der Waals surface area contributed by atoms with E-state index in [2.05, 4.69) is 15.4 Å². The van der Waals surface area contributed by atoms with Gasteiger partial charge in [-0.1, -0.05) is 0 Å². The van der Waals surface area contributed by atoms with Gasteiger partial charge in [0, 0.05) is 6.04 Å². The van der Waals surface area contributed by atoms with E-state index in [1.165, 1.54) is 0 Å². The first kappa shape index (κ1) is 12.3. The van der Waals surface area contributed by atoms with Gasteiger partial charge in [0.25, 0.3) is 0 Å². The van der Waals surface area contributed by atoms with Crippen molar-refractivity contribution >= 4 is 10.0 Å². The second-order valence-corrected chi connectivity index (χ2v) is 6.58. The minimum atomic E-state index is -3.08. The third-order valence-electron chi connectivity index (χ3n) is 3.30. The third-order valence-corrected chi connectivity index (χ3v) is 4.91. The quantitative estimate of drug-likeness (QED) is 0.612. The maximum Gasteiger partial charge on any atom is 0.212 e. The highest BCUT2D eigenvalue weighted by molar-refractivity contribution is 7.89. The van der Waals surface area contributed by atoms with Crippen molar-refractivity contribution in [2.45, 2.75) is 25.3 Å². The molecule has 2 fully saturated rings. The van der Waals surface area contributed by atoms with Crippen molar-refractivity contribution in [3.63, 3.8) is 0 Å². The smallest absolute Gasteiger partial charge is 0.212 e. The summed E-state index contributed by atoms with van der Waals surface area (Å²) in [5, 5.41) is 6.43. The Balaban J connectivity index is 1.81. The van der Waals surface area contributed by atoms with Gasteiger partial charge in [0.2, 0.25) is 10.0 Å². The highest BCUT2D eigenvalue weighted by Gasteiger charge is 2.25. The maximum atomic E-state index is 11.9. The van der Waals surface area contributed by atoms with E-state index in [0.717, 1.165) is 45.4 Å². The molecule has 0 amide bonds. The zero-order valence-electron chi connectivity index (χ0n) is 9.54. The van der Waals surface area contributed by atoms with Crippen molar-refractivity contribution < 1.29 is 8.42 Å². The molecule has 0 spiro atoms. The van der Waals surface area contributed by atoms with Gasteiger partial charge in [-0.3, -0.25) is 0 Å². The van der Waals surface area contributed by atoms with Crippen molar-refractivity contribution in [1.82, 2.24) is 15.4 Å². The van der Waals surface area contributed by atoms with Crippen molar-refractivity contribution in [3.05, 3.63) is 0 Å². The van der Waals surface area contributed by atoms with Gasteiger partial charge in [-0.2, -0.15) is 0 Å². The van der Waals surface area contributed by atoms with Crippen LogP contribution in [-0.4, -0.2) is 46.4 Å². The molecule has 5 nitrogen and oxygen atoms in total. The van der Waals surface area contributed by atoms with Crippen LogP contribution < -0.4 is 15.4 Å². The van der Waals surface area contributed by atoms with Crippen LogP contribution in [0.4, 0.5) is 0 Å². The molecule has 2 aliphatic heterocycles. The second-order valence-electron chi connectivity index (χ2n) is 4.78. The van der Waals surface area contributed by atoms with E-state index in [0.29, 0.717) is 5.92 Å². The van der Waals surface area contributed by atoms with E-state index >= 15 is 0 Å². The standard InChI is InChI=1S/C10H21N3O2S/c14-16(15,8-9-1-4-12-7-9)13-10-2-5-11-6-3-10/h9-13H,1-8H2. The van der Waals surface area contributed by atoms with E-state index < -0.39 is 10.0 Å². The van der Waals surface area contributed by atoms with Gasteiger partial charge in [0.1, 0.15) is 0 Å². The summed E-state index contributed by atoms with van der Waals surface area (Å²) in [6.07, 6.45) is 2.79. The molecule has 3 N–H and O–H groups in total. The zero-order chi connectivity index (χ0) is 11.4. The molecule has 16 heavy (non-hydrogen) atoms. The van der Waals surface area contributed by atoms with E-state index in [1.54, 1.807) is 0 Å². The predicted molar refractivity (Wildman–Crippen MR) is 63.8 cm³/mol. The Bertz CT molecular complexity index is 306. The molecule has 0 aromatic rings. The summed E-state index contributed by atoms with van der Waals surface area (Å²) >= 11 is 0. The molecular weight excluding hydrogens is 226 g/mol. The molecule has 2 heterocycles. The lowest BCUT2D eigenvalue weighted by Crippen LogP contribution is -2.44. The van der Waals surface area contributed by atoms with Crippen LogP contribution in [0.3, 0.4) is 0 Å². The summed E-state index contributed by atoms with van der Waals surface area (Å²) in [5.74, 6) is 0.573. The third kappa shape index (κ3) is 3.69. The fraction of sp³-hybridized carbons (Fsp3) is 1.00. The van der Waals surface area contributed by atoms with Gasteiger partial charge >= 0.3 is 0 Å². The van der Waals surface area contributed by atoms with Crippen LogP contribution in [0.15, 0.2) is 0 Å². The molecule has 1 atom stereocenters. The number of rotatable bonds is 4. The fourth-order valence-electron chi connectivity index (χ4n) is 2.41. The molecule has 0 aliphatic carbocycles.